The van der Waals surface area contributed by atoms with Crippen molar-refractivity contribution in [3.8, 4) is 0 Å². The monoisotopic (exact) mass is 180 g/mol. The van der Waals surface area contributed by atoms with Crippen molar-refractivity contribution in [2.45, 2.75) is 0 Å². The van der Waals surface area contributed by atoms with Crippen molar-refractivity contribution in [3.63, 3.8) is 0 Å². The third-order valence-electron chi connectivity index (χ3n) is 1.43. The second kappa shape index (κ2) is 3.49. The first-order chi connectivity index (χ1) is 5.97. The van der Waals surface area contributed by atoms with Gasteiger partial charge in [-0.1, -0.05) is 6.08 Å². The van der Waals surface area contributed by atoms with Gasteiger partial charge < -0.3 is 4.74 Å². The molecule has 0 aromatic heterocycles. The van der Waals surface area contributed by atoms with Crippen molar-refractivity contribution in [1.82, 2.24) is 4.31 Å². The summed E-state index contributed by atoms with van der Waals surface area (Å²) in [6.07, 6.45) is 9.17. The van der Waals surface area contributed by atoms with Crippen LogP contribution in [0.4, 0.5) is 0 Å². The van der Waals surface area contributed by atoms with Crippen LogP contribution in [0, 0.1) is 0 Å². The van der Waals surface area contributed by atoms with Gasteiger partial charge >= 0.3 is 0 Å². The molecule has 0 aromatic carbocycles. The first kappa shape index (κ1) is 7.49. The van der Waals surface area contributed by atoms with Gasteiger partial charge in [-0.05, 0) is 23.4 Å². The van der Waals surface area contributed by atoms with Gasteiger partial charge in [0.05, 0.1) is 6.20 Å². The first-order valence-electron chi connectivity index (χ1n) is 3.59. The van der Waals surface area contributed by atoms with Crippen molar-refractivity contribution >= 4 is 17.8 Å². The van der Waals surface area contributed by atoms with Crippen LogP contribution >= 0.6 is 11.9 Å². The van der Waals surface area contributed by atoms with Gasteiger partial charge in [0.25, 0.3) is 0 Å². The lowest BCUT2D eigenvalue weighted by atomic mass is 10.5. The van der Waals surface area contributed by atoms with Gasteiger partial charge in [-0.2, -0.15) is 0 Å². The van der Waals surface area contributed by atoms with Crippen LogP contribution in [0.1, 0.15) is 0 Å². The van der Waals surface area contributed by atoms with Crippen LogP contribution in [0.2, 0.25) is 0 Å². The molecule has 0 amide bonds. The summed E-state index contributed by atoms with van der Waals surface area (Å²) in [6, 6.07) is 0. The molecule has 3 nitrogen and oxygen atoms in total. The highest BCUT2D eigenvalue weighted by molar-refractivity contribution is 8.00. The smallest absolute Gasteiger partial charge is 0.157 e. The Morgan fingerprint density at radius 2 is 2.50 bits per heavy atom. The molecule has 0 atom stereocenters. The van der Waals surface area contributed by atoms with E-state index in [2.05, 4.69) is 4.99 Å². The summed E-state index contributed by atoms with van der Waals surface area (Å²) in [5, 5.41) is 2.00. The lowest BCUT2D eigenvalue weighted by molar-refractivity contribution is 0.290. The molecule has 12 heavy (non-hydrogen) atoms. The van der Waals surface area contributed by atoms with Gasteiger partial charge in [-0.15, -0.1) is 0 Å². The van der Waals surface area contributed by atoms with Crippen molar-refractivity contribution in [2.75, 3.05) is 6.61 Å². The number of hydrogen-bond acceptors (Lipinski definition) is 4. The Balaban J connectivity index is 2.09. The molecule has 0 saturated carbocycles. The topological polar surface area (TPSA) is 24.8 Å². The quantitative estimate of drug-likeness (QED) is 0.532. The van der Waals surface area contributed by atoms with Crippen LogP contribution in [-0.2, 0) is 4.74 Å². The van der Waals surface area contributed by atoms with Gasteiger partial charge in [0.15, 0.2) is 5.84 Å². The van der Waals surface area contributed by atoms with Crippen LogP contribution in [-0.4, -0.2) is 16.7 Å². The van der Waals surface area contributed by atoms with Gasteiger partial charge in [-0.25, -0.2) is 4.99 Å². The summed E-state index contributed by atoms with van der Waals surface area (Å²) in [5.74, 6) is 0.920. The minimum atomic E-state index is 0.543. The highest BCUT2D eigenvalue weighted by Gasteiger charge is 2.10. The zero-order chi connectivity index (χ0) is 8.23. The lowest BCUT2D eigenvalue weighted by Gasteiger charge is -2.21. The summed E-state index contributed by atoms with van der Waals surface area (Å²) in [5.41, 5.74) is 0. The number of rotatable bonds is 0. The summed E-state index contributed by atoms with van der Waals surface area (Å²) in [7, 11) is 0. The summed E-state index contributed by atoms with van der Waals surface area (Å²) < 4.78 is 7.09. The molecule has 0 spiro atoms. The molecule has 0 bridgehead atoms. The summed E-state index contributed by atoms with van der Waals surface area (Å²) in [4.78, 5) is 4.18. The normalized spacial score (nSPS) is 20.7. The standard InChI is InChI=1S/C8H8N2OS/c1-2-6-12-10(4-1)8-7-11-5-3-9-8/h1-6H,7H2. The average Bonchev–Trinajstić information content (AvgIpc) is 2.21. The summed E-state index contributed by atoms with van der Waals surface area (Å²) in [6.45, 7) is 0.543. The van der Waals surface area contributed by atoms with Crippen LogP contribution in [0.5, 0.6) is 0 Å². The molecule has 2 rings (SSSR count). The van der Waals surface area contributed by atoms with Gasteiger partial charge in [0.2, 0.25) is 0 Å². The SMILES string of the molecule is C1=CSN(C2=NC=COC2)C=C1. The largest absolute Gasteiger partial charge is 0.492 e. The number of ether oxygens (including phenoxy) is 1. The minimum Gasteiger partial charge on any atom is -0.492 e. The van der Waals surface area contributed by atoms with E-state index in [0.717, 1.165) is 5.84 Å². The summed E-state index contributed by atoms with van der Waals surface area (Å²) >= 11 is 1.59. The van der Waals surface area contributed by atoms with E-state index < -0.39 is 0 Å². The fourth-order valence-electron chi connectivity index (χ4n) is 0.896. The van der Waals surface area contributed by atoms with Crippen molar-refractivity contribution in [1.29, 1.82) is 0 Å². The van der Waals surface area contributed by atoms with E-state index in [9.17, 15) is 0 Å². The maximum absolute atomic E-state index is 5.11. The second-order valence-electron chi connectivity index (χ2n) is 2.24. The number of nitrogens with zero attached hydrogens (tertiary/aromatic N) is 2. The van der Waals surface area contributed by atoms with E-state index >= 15 is 0 Å². The van der Waals surface area contributed by atoms with Gasteiger partial charge in [0.1, 0.15) is 12.9 Å². The van der Waals surface area contributed by atoms with Crippen LogP contribution in [0.25, 0.3) is 0 Å². The number of hydrogen-bond donors (Lipinski definition) is 0. The molecule has 2 aliphatic rings. The first-order valence-corrected chi connectivity index (χ1v) is 4.43. The van der Waals surface area contributed by atoms with Gasteiger partial charge in [0, 0.05) is 6.20 Å². The fourth-order valence-corrected chi connectivity index (χ4v) is 1.55. The van der Waals surface area contributed by atoms with Gasteiger partial charge in [-0.3, -0.25) is 4.31 Å². The zero-order valence-electron chi connectivity index (χ0n) is 6.38. The Bertz CT molecular complexity index is 281. The van der Waals surface area contributed by atoms with Crippen molar-refractivity contribution in [3.05, 3.63) is 36.2 Å². The van der Waals surface area contributed by atoms with E-state index in [1.165, 1.54) is 0 Å². The molecule has 4 heteroatoms. The predicted molar refractivity (Wildman–Crippen MR) is 50.2 cm³/mol. The van der Waals surface area contributed by atoms with Crippen LogP contribution in [0.15, 0.2) is 41.2 Å². The molecule has 0 saturated heterocycles. The fraction of sp³-hybridized carbons (Fsp3) is 0.125. The third-order valence-corrected chi connectivity index (χ3v) is 2.27. The Hall–Kier alpha value is -1.16. The van der Waals surface area contributed by atoms with E-state index in [4.69, 9.17) is 4.74 Å². The van der Waals surface area contributed by atoms with E-state index in [1.54, 1.807) is 24.4 Å². The molecule has 0 unspecified atom stereocenters. The predicted octanol–water partition coefficient (Wildman–Crippen LogP) is 1.88. The zero-order valence-corrected chi connectivity index (χ0v) is 7.20. The molecule has 2 heterocycles. The third kappa shape index (κ3) is 1.53. The Morgan fingerprint density at radius 1 is 1.50 bits per heavy atom. The Kier molecular flexibility index (Phi) is 2.18. The Labute approximate surface area is 75.2 Å². The molecule has 2 aliphatic heterocycles. The molecular weight excluding hydrogens is 172 g/mol. The molecule has 0 aliphatic carbocycles. The highest BCUT2D eigenvalue weighted by Crippen LogP contribution is 2.18. The maximum atomic E-state index is 5.11. The highest BCUT2D eigenvalue weighted by atomic mass is 32.2. The van der Waals surface area contributed by atoms with E-state index in [1.807, 2.05) is 28.1 Å². The molecule has 0 radical (unpaired) electrons. The number of allylic oxidation sites excluding steroid dienone is 2. The Morgan fingerprint density at radius 3 is 3.17 bits per heavy atom. The molecule has 0 fully saturated rings. The van der Waals surface area contributed by atoms with E-state index in [-0.39, 0.29) is 0 Å². The lowest BCUT2D eigenvalue weighted by Crippen LogP contribution is -2.24. The molecule has 62 valence electrons. The number of amidine groups is 1. The minimum absolute atomic E-state index is 0.543. The molecular formula is C8H8N2OS. The average molecular weight is 180 g/mol. The maximum Gasteiger partial charge on any atom is 0.157 e. The van der Waals surface area contributed by atoms with Crippen molar-refractivity contribution < 1.29 is 4.74 Å². The van der Waals surface area contributed by atoms with Crippen LogP contribution < -0.4 is 0 Å². The van der Waals surface area contributed by atoms with E-state index in [0.29, 0.717) is 6.61 Å². The molecule has 0 N–H and O–H groups in total. The van der Waals surface area contributed by atoms with Crippen molar-refractivity contribution in [2.24, 2.45) is 4.99 Å². The molecule has 0 aromatic rings. The van der Waals surface area contributed by atoms with Crippen LogP contribution in [0.3, 0.4) is 0 Å². The second-order valence-corrected chi connectivity index (χ2v) is 3.12. The number of aliphatic imine (C=N–C) groups is 1.